The molecule has 0 saturated heterocycles. The van der Waals surface area contributed by atoms with Crippen molar-refractivity contribution in [3.05, 3.63) is 29.3 Å². The molecule has 0 unspecified atom stereocenters. The fourth-order valence-electron chi connectivity index (χ4n) is 1.96. The maximum atomic E-state index is 11.8. The molecular formula is C17H20O9. The van der Waals surface area contributed by atoms with Crippen LogP contribution >= 0.6 is 0 Å². The summed E-state index contributed by atoms with van der Waals surface area (Å²) in [5.41, 5.74) is 0.506. The molecule has 0 aliphatic heterocycles. The molecule has 0 saturated carbocycles. The van der Waals surface area contributed by atoms with Crippen LogP contribution in [0, 0.1) is 0 Å². The van der Waals surface area contributed by atoms with Gasteiger partial charge in [-0.1, -0.05) is 0 Å². The Morgan fingerprint density at radius 3 is 2.23 bits per heavy atom. The van der Waals surface area contributed by atoms with E-state index in [9.17, 15) is 19.2 Å². The second-order valence-electron chi connectivity index (χ2n) is 5.01. The minimum atomic E-state index is -1.22. The van der Waals surface area contributed by atoms with Crippen molar-refractivity contribution in [3.8, 4) is 5.75 Å². The molecule has 26 heavy (non-hydrogen) atoms. The Morgan fingerprint density at radius 1 is 1.00 bits per heavy atom. The summed E-state index contributed by atoms with van der Waals surface area (Å²) in [5, 5.41) is 0. The van der Waals surface area contributed by atoms with Gasteiger partial charge in [0, 0.05) is 12.5 Å². The third-order valence-electron chi connectivity index (χ3n) is 3.22. The summed E-state index contributed by atoms with van der Waals surface area (Å²) in [6.45, 7) is 0.984. The number of methoxy groups -OCH3 is 3. The Bertz CT molecular complexity index is 681. The lowest BCUT2D eigenvalue weighted by Gasteiger charge is -2.16. The molecule has 0 spiro atoms. The predicted molar refractivity (Wildman–Crippen MR) is 86.3 cm³/mol. The topological polar surface area (TPSA) is 114 Å². The van der Waals surface area contributed by atoms with Crippen LogP contribution in [0.3, 0.4) is 0 Å². The Kier molecular flexibility index (Phi) is 8.23. The van der Waals surface area contributed by atoms with Crippen molar-refractivity contribution in [2.75, 3.05) is 21.3 Å². The van der Waals surface area contributed by atoms with E-state index in [0.29, 0.717) is 5.56 Å². The van der Waals surface area contributed by atoms with Gasteiger partial charge >= 0.3 is 23.9 Å². The Morgan fingerprint density at radius 2 is 1.69 bits per heavy atom. The number of esters is 4. The summed E-state index contributed by atoms with van der Waals surface area (Å²) in [7, 11) is 3.55. The van der Waals surface area contributed by atoms with Gasteiger partial charge in [-0.3, -0.25) is 9.59 Å². The van der Waals surface area contributed by atoms with Crippen LogP contribution in [-0.2, 0) is 39.9 Å². The highest BCUT2D eigenvalue weighted by atomic mass is 16.6. The van der Waals surface area contributed by atoms with Crippen molar-refractivity contribution >= 4 is 23.9 Å². The van der Waals surface area contributed by atoms with Crippen LogP contribution in [0.2, 0.25) is 0 Å². The smallest absolute Gasteiger partial charge is 0.337 e. The van der Waals surface area contributed by atoms with Crippen molar-refractivity contribution in [2.24, 2.45) is 0 Å². The van der Waals surface area contributed by atoms with E-state index < -0.39 is 30.0 Å². The highest BCUT2D eigenvalue weighted by molar-refractivity contribution is 5.90. The second kappa shape index (κ2) is 10.1. The second-order valence-corrected chi connectivity index (χ2v) is 5.01. The first kappa shape index (κ1) is 21.1. The van der Waals surface area contributed by atoms with Crippen LogP contribution in [0.5, 0.6) is 5.75 Å². The number of ether oxygens (including phenoxy) is 5. The van der Waals surface area contributed by atoms with Gasteiger partial charge < -0.3 is 23.7 Å². The van der Waals surface area contributed by atoms with E-state index in [-0.39, 0.29) is 24.3 Å². The zero-order valence-corrected chi connectivity index (χ0v) is 14.9. The summed E-state index contributed by atoms with van der Waals surface area (Å²) >= 11 is 0. The molecule has 1 atom stereocenters. The van der Waals surface area contributed by atoms with Crippen LogP contribution in [-0.4, -0.2) is 51.3 Å². The average molecular weight is 368 g/mol. The van der Waals surface area contributed by atoms with Gasteiger partial charge in [0.2, 0.25) is 0 Å². The normalized spacial score (nSPS) is 11.2. The van der Waals surface area contributed by atoms with Crippen LogP contribution in [0.25, 0.3) is 0 Å². The van der Waals surface area contributed by atoms with Crippen LogP contribution in [0.15, 0.2) is 18.2 Å². The molecule has 9 nitrogen and oxygen atoms in total. The van der Waals surface area contributed by atoms with E-state index in [1.54, 1.807) is 0 Å². The molecule has 0 heterocycles. The summed E-state index contributed by atoms with van der Waals surface area (Å²) in [6, 6.07) is 4.22. The summed E-state index contributed by atoms with van der Waals surface area (Å²) < 4.78 is 24.2. The lowest BCUT2D eigenvalue weighted by Crippen LogP contribution is -2.29. The zero-order valence-electron chi connectivity index (χ0n) is 14.9. The first-order chi connectivity index (χ1) is 12.3. The van der Waals surface area contributed by atoms with Gasteiger partial charge in [-0.2, -0.15) is 0 Å². The van der Waals surface area contributed by atoms with Crippen LogP contribution in [0.1, 0.15) is 29.3 Å². The molecule has 9 heteroatoms. The molecule has 0 radical (unpaired) electrons. The Balaban J connectivity index is 3.05. The van der Waals surface area contributed by atoms with Gasteiger partial charge in [0.15, 0.2) is 6.10 Å². The monoisotopic (exact) mass is 368 g/mol. The molecule has 0 aliphatic rings. The van der Waals surface area contributed by atoms with Crippen molar-refractivity contribution in [3.63, 3.8) is 0 Å². The minimum Gasteiger partial charge on any atom is -0.469 e. The summed E-state index contributed by atoms with van der Waals surface area (Å²) in [6.07, 6.45) is -1.58. The maximum Gasteiger partial charge on any atom is 0.337 e. The lowest BCUT2D eigenvalue weighted by molar-refractivity contribution is -0.161. The van der Waals surface area contributed by atoms with Gasteiger partial charge in [0.05, 0.1) is 39.9 Å². The summed E-state index contributed by atoms with van der Waals surface area (Å²) in [4.78, 5) is 46.1. The number of hydrogen-bond donors (Lipinski definition) is 0. The quantitative estimate of drug-likeness (QED) is 0.377. The van der Waals surface area contributed by atoms with Crippen molar-refractivity contribution < 1.29 is 42.9 Å². The van der Waals surface area contributed by atoms with E-state index in [2.05, 4.69) is 14.2 Å². The van der Waals surface area contributed by atoms with Gasteiger partial charge in [-0.15, -0.1) is 0 Å². The van der Waals surface area contributed by atoms with Gasteiger partial charge in [0.25, 0.3) is 0 Å². The van der Waals surface area contributed by atoms with Crippen molar-refractivity contribution in [2.45, 2.75) is 26.1 Å². The largest absolute Gasteiger partial charge is 0.469 e. The summed E-state index contributed by atoms with van der Waals surface area (Å²) in [5.74, 6) is -2.46. The van der Waals surface area contributed by atoms with Crippen molar-refractivity contribution in [1.29, 1.82) is 0 Å². The number of hydrogen-bond acceptors (Lipinski definition) is 9. The van der Waals surface area contributed by atoms with Crippen molar-refractivity contribution in [1.82, 2.24) is 0 Å². The molecule has 1 aromatic carbocycles. The van der Waals surface area contributed by atoms with Gasteiger partial charge in [0.1, 0.15) is 5.75 Å². The molecule has 142 valence electrons. The first-order valence-electron chi connectivity index (χ1n) is 7.48. The number of rotatable bonds is 8. The first-order valence-corrected chi connectivity index (χ1v) is 7.48. The molecule has 0 amide bonds. The molecular weight excluding hydrogens is 348 g/mol. The fourth-order valence-corrected chi connectivity index (χ4v) is 1.96. The lowest BCUT2D eigenvalue weighted by atomic mass is 10.1. The van der Waals surface area contributed by atoms with Crippen LogP contribution in [0.4, 0.5) is 0 Å². The Hall–Kier alpha value is -2.94. The Labute approximate surface area is 150 Å². The number of benzene rings is 1. The highest BCUT2D eigenvalue weighted by Gasteiger charge is 2.25. The maximum absolute atomic E-state index is 11.8. The third kappa shape index (κ3) is 6.17. The molecule has 0 aromatic heterocycles. The van der Waals surface area contributed by atoms with Gasteiger partial charge in [-0.25, -0.2) is 9.59 Å². The number of carbonyl (C=O) groups excluding carboxylic acids is 4. The third-order valence-corrected chi connectivity index (χ3v) is 3.22. The van der Waals surface area contributed by atoms with Gasteiger partial charge in [-0.05, 0) is 18.2 Å². The standard InChI is InChI=1S/C17H20O9/c1-10(18)26-13-6-5-11(16(20)23-3)7-12(13)9-25-14(17(21)24-4)8-15(19)22-2/h5-7,14H,8-9H2,1-4H3/t14-/m1/s1. The number of carbonyl (C=O) groups is 4. The molecule has 1 rings (SSSR count). The minimum absolute atomic E-state index is 0.145. The van der Waals surface area contributed by atoms with E-state index in [4.69, 9.17) is 9.47 Å². The molecule has 0 aliphatic carbocycles. The zero-order chi connectivity index (χ0) is 19.7. The molecule has 1 aromatic rings. The molecule has 0 bridgehead atoms. The average Bonchev–Trinajstić information content (AvgIpc) is 2.63. The SMILES string of the molecule is COC(=O)C[C@@H](OCc1cc(C(=O)OC)ccc1OC(C)=O)C(=O)OC. The predicted octanol–water partition coefficient (Wildman–Crippen LogP) is 1.02. The highest BCUT2D eigenvalue weighted by Crippen LogP contribution is 2.23. The van der Waals surface area contributed by atoms with E-state index in [1.807, 2.05) is 0 Å². The molecule has 0 N–H and O–H groups in total. The molecule has 0 fully saturated rings. The fraction of sp³-hybridized carbons (Fsp3) is 0.412. The van der Waals surface area contributed by atoms with E-state index >= 15 is 0 Å². The van der Waals surface area contributed by atoms with E-state index in [0.717, 1.165) is 7.11 Å². The van der Waals surface area contributed by atoms with E-state index in [1.165, 1.54) is 39.3 Å². The van der Waals surface area contributed by atoms with Crippen LogP contribution < -0.4 is 4.74 Å².